The lowest BCUT2D eigenvalue weighted by atomic mass is 9.94. The van der Waals surface area contributed by atoms with E-state index < -0.39 is 53.9 Å². The van der Waals surface area contributed by atoms with Gasteiger partial charge in [0.15, 0.2) is 0 Å². The van der Waals surface area contributed by atoms with Crippen LogP contribution in [0.5, 0.6) is 0 Å². The van der Waals surface area contributed by atoms with E-state index in [1.54, 1.807) is 4.74 Å². The first-order chi connectivity index (χ1) is 11.5. The molecule has 0 aromatic rings. The topological polar surface area (TPSA) is 26.3 Å². The van der Waals surface area contributed by atoms with Crippen molar-refractivity contribution >= 4 is 6.04 Å². The minimum atomic E-state index is -8.35. The lowest BCUT2D eigenvalue weighted by Gasteiger charge is -2.39. The highest BCUT2D eigenvalue weighted by atomic mass is 19.4. The molecule has 0 aliphatic rings. The van der Waals surface area contributed by atoms with E-state index in [-0.39, 0.29) is 0 Å². The molecule has 0 aliphatic heterocycles. The molecule has 0 aromatic heterocycles. The zero-order chi connectivity index (χ0) is 22.4. The maximum atomic E-state index is 13.0. The van der Waals surface area contributed by atoms with Gasteiger partial charge in [-0.2, -0.15) is 70.2 Å². The third-order valence-corrected chi connectivity index (χ3v) is 2.56. The number of ether oxygens (including phenoxy) is 1. The predicted octanol–water partition coefficient (Wildman–Crippen LogP) is 5.30. The molecule has 0 spiro atoms. The van der Waals surface area contributed by atoms with E-state index in [1.165, 1.54) is 0 Å². The Labute approximate surface area is 135 Å². The third kappa shape index (κ3) is 3.48. The van der Waals surface area contributed by atoms with E-state index in [0.717, 1.165) is 0 Å². The molecule has 0 aliphatic carbocycles. The minimum Gasteiger partial charge on any atom is -0.397 e. The molecule has 0 rings (SSSR count). The first kappa shape index (κ1) is 25.1. The number of carbonyl (C=O) groups is 1. The second-order valence-corrected chi connectivity index (χ2v) is 4.30. The summed E-state index contributed by atoms with van der Waals surface area (Å²) in [5.74, 6) is -40.3. The summed E-state index contributed by atoms with van der Waals surface area (Å²) in [6, 6.07) is -8.79. The van der Waals surface area contributed by atoms with Crippen LogP contribution in [0.25, 0.3) is 0 Å². The summed E-state index contributed by atoms with van der Waals surface area (Å²) >= 11 is 0. The van der Waals surface area contributed by atoms with E-state index in [4.69, 9.17) is 0 Å². The average molecular weight is 444 g/mol. The zero-order valence-corrected chi connectivity index (χ0v) is 11.4. The monoisotopic (exact) mass is 444 g/mol. The maximum Gasteiger partial charge on any atom is 0.472 e. The van der Waals surface area contributed by atoms with Crippen molar-refractivity contribution < 1.29 is 79.8 Å². The van der Waals surface area contributed by atoms with Gasteiger partial charge in [0.2, 0.25) is 0 Å². The summed E-state index contributed by atoms with van der Waals surface area (Å²) in [4.78, 5) is 9.58. The van der Waals surface area contributed by atoms with E-state index >= 15 is 0 Å². The van der Waals surface area contributed by atoms with Gasteiger partial charge in [0.05, 0.1) is 0 Å². The highest BCUT2D eigenvalue weighted by Gasteiger charge is 2.92. The van der Waals surface area contributed by atoms with E-state index in [0.29, 0.717) is 0 Å². The minimum absolute atomic E-state index is 1.68. The van der Waals surface area contributed by atoms with Crippen molar-refractivity contribution in [3.8, 4) is 0 Å². The van der Waals surface area contributed by atoms with Crippen molar-refractivity contribution in [2.75, 3.05) is 0 Å². The molecule has 18 heteroatoms. The van der Waals surface area contributed by atoms with Crippen molar-refractivity contribution in [2.24, 2.45) is 0 Å². The van der Waals surface area contributed by atoms with Gasteiger partial charge in [-0.3, -0.25) is 4.79 Å². The smallest absolute Gasteiger partial charge is 0.397 e. The number of hydrogen-bond acceptors (Lipinski definition) is 2. The summed E-state index contributed by atoms with van der Waals surface area (Å²) in [5.41, 5.74) is 0. The van der Waals surface area contributed by atoms with Crippen LogP contribution in [0.3, 0.4) is 0 Å². The molecule has 0 fully saturated rings. The fourth-order valence-corrected chi connectivity index (χ4v) is 1.11. The van der Waals surface area contributed by atoms with Gasteiger partial charge in [0.1, 0.15) is 0 Å². The fourth-order valence-electron chi connectivity index (χ4n) is 1.11. The van der Waals surface area contributed by atoms with Crippen molar-refractivity contribution in [1.29, 1.82) is 0 Å². The molecule has 0 atom stereocenters. The Morgan fingerprint density at radius 2 is 0.889 bits per heavy atom. The summed E-state index contributed by atoms with van der Waals surface area (Å²) in [5, 5.41) is 0. The largest absolute Gasteiger partial charge is 0.472 e. The van der Waals surface area contributed by atoms with Crippen LogP contribution in [0.15, 0.2) is 12.1 Å². The summed E-state index contributed by atoms with van der Waals surface area (Å²) < 4.78 is 202. The molecular formula is C9F16O2. The summed E-state index contributed by atoms with van der Waals surface area (Å²) in [6.07, 6.45) is -11.5. The lowest BCUT2D eigenvalue weighted by molar-refractivity contribution is -0.452. The van der Waals surface area contributed by atoms with Crippen LogP contribution in [0.2, 0.25) is 0 Å². The van der Waals surface area contributed by atoms with Gasteiger partial charge in [-0.15, -0.1) is 0 Å². The molecule has 0 heterocycles. The molecule has 0 N–H and O–H groups in total. The van der Waals surface area contributed by atoms with Crippen molar-refractivity contribution in [2.45, 2.75) is 35.7 Å². The molecule has 0 saturated carbocycles. The normalized spacial score (nSPS) is 14.8. The third-order valence-electron chi connectivity index (χ3n) is 2.56. The molecular weight excluding hydrogens is 444 g/mol. The van der Waals surface area contributed by atoms with Crippen LogP contribution in [-0.2, 0) is 9.53 Å². The van der Waals surface area contributed by atoms with E-state index in [9.17, 15) is 75.0 Å². The quantitative estimate of drug-likeness (QED) is 0.289. The Kier molecular flexibility index (Phi) is 6.14. The Hall–Kier alpha value is -1.91. The van der Waals surface area contributed by atoms with Gasteiger partial charge in [-0.1, -0.05) is 0 Å². The molecule has 0 radical (unpaired) electrons. The average Bonchev–Trinajstić information content (AvgIpc) is 2.45. The van der Waals surface area contributed by atoms with Crippen LogP contribution < -0.4 is 0 Å². The highest BCUT2D eigenvalue weighted by molar-refractivity contribution is 5.78. The zero-order valence-electron chi connectivity index (χ0n) is 11.4. The maximum absolute atomic E-state index is 13.0. The number of carbonyl (C=O) groups excluding carboxylic acids is 1. The number of rotatable bonds is 8. The first-order valence-electron chi connectivity index (χ1n) is 5.39. The molecule has 0 saturated heterocycles. The summed E-state index contributed by atoms with van der Waals surface area (Å²) in [7, 11) is 0. The Morgan fingerprint density at radius 1 is 0.556 bits per heavy atom. The predicted molar refractivity (Wildman–Crippen MR) is 47.2 cm³/mol. The summed E-state index contributed by atoms with van der Waals surface area (Å²) in [6.45, 7) is 0. The van der Waals surface area contributed by atoms with Crippen molar-refractivity contribution in [3.63, 3.8) is 0 Å². The van der Waals surface area contributed by atoms with Gasteiger partial charge in [0.25, 0.3) is 0 Å². The molecule has 0 unspecified atom stereocenters. The Balaban J connectivity index is 6.44. The van der Waals surface area contributed by atoms with Gasteiger partial charge in [0, 0.05) is 0 Å². The number of halogens is 16. The Bertz CT molecular complexity index is 615. The van der Waals surface area contributed by atoms with Gasteiger partial charge >= 0.3 is 53.9 Å². The van der Waals surface area contributed by atoms with Crippen LogP contribution in [0.1, 0.15) is 0 Å². The van der Waals surface area contributed by atoms with Gasteiger partial charge < -0.3 is 4.74 Å². The first-order valence-corrected chi connectivity index (χ1v) is 5.39. The second kappa shape index (κ2) is 6.61. The van der Waals surface area contributed by atoms with Crippen LogP contribution in [0, 0.1) is 0 Å². The lowest BCUT2D eigenvalue weighted by Crippen LogP contribution is -2.71. The Morgan fingerprint density at radius 3 is 1.19 bits per heavy atom. The van der Waals surface area contributed by atoms with Gasteiger partial charge in [-0.25, -0.2) is 0 Å². The van der Waals surface area contributed by atoms with Gasteiger partial charge in [-0.05, 0) is 0 Å². The van der Waals surface area contributed by atoms with E-state index in [2.05, 4.69) is 0 Å². The van der Waals surface area contributed by atoms with Crippen LogP contribution >= 0.6 is 0 Å². The molecule has 2 nitrogen and oxygen atoms in total. The molecule has 27 heavy (non-hydrogen) atoms. The molecule has 0 bridgehead atoms. The number of hydrogen-bond donors (Lipinski definition) is 0. The fraction of sp³-hybridized carbons (Fsp3) is 0.667. The van der Waals surface area contributed by atoms with Crippen LogP contribution in [0.4, 0.5) is 70.2 Å². The van der Waals surface area contributed by atoms with Crippen LogP contribution in [-0.4, -0.2) is 41.8 Å². The second-order valence-electron chi connectivity index (χ2n) is 4.30. The molecule has 0 aromatic carbocycles. The van der Waals surface area contributed by atoms with E-state index in [1.807, 2.05) is 0 Å². The SMILES string of the molecule is O=C(F)C(F)(F)C(F)(F)C(F)(F)C(F)(F)C(F)(F)C(F)(F)OC(F)=C(F)F. The molecule has 160 valence electrons. The van der Waals surface area contributed by atoms with Crippen molar-refractivity contribution in [3.05, 3.63) is 12.1 Å². The number of alkyl halides is 12. The molecule has 0 amide bonds. The van der Waals surface area contributed by atoms with Crippen molar-refractivity contribution in [1.82, 2.24) is 0 Å². The standard InChI is InChI=1S/C9F16O2/c10-1(11)2(12)27-9(24,25)8(22,23)7(20,21)6(18,19)5(16,17)4(14,15)3(13)26. The highest BCUT2D eigenvalue weighted by Crippen LogP contribution is 2.60.